The number of benzene rings is 7. The molecule has 0 aliphatic carbocycles. The zero-order valence-corrected chi connectivity index (χ0v) is 27.8. The first kappa shape index (κ1) is 29.7. The summed E-state index contributed by atoms with van der Waals surface area (Å²) in [5, 5.41) is 2.72. The SMILES string of the molecule is O=c1c2ccccc2n(-c2ccc(-c3nc4ccccc4nc3-c3ccc(-n4c5ccccc5c(=O)c5ccccc54)cc3)cc2)c2ccccc12. The lowest BCUT2D eigenvalue weighted by atomic mass is 10.0. The average Bonchev–Trinajstić information content (AvgIpc) is 3.21. The molecule has 6 nitrogen and oxygen atoms in total. The monoisotopic (exact) mass is 668 g/mol. The summed E-state index contributed by atoms with van der Waals surface area (Å²) in [7, 11) is 0. The molecule has 0 N–H and O–H groups in total. The van der Waals surface area contributed by atoms with Crippen LogP contribution in [0.15, 0.2) is 179 Å². The Morgan fingerprint density at radius 2 is 0.615 bits per heavy atom. The van der Waals surface area contributed by atoms with Crippen molar-refractivity contribution in [3.63, 3.8) is 0 Å². The first-order valence-corrected chi connectivity index (χ1v) is 17.2. The highest BCUT2D eigenvalue weighted by molar-refractivity contribution is 5.97. The number of hydrogen-bond acceptors (Lipinski definition) is 4. The van der Waals surface area contributed by atoms with Crippen LogP contribution in [0.1, 0.15) is 0 Å². The number of hydrogen-bond donors (Lipinski definition) is 0. The molecule has 244 valence electrons. The molecule has 7 aromatic carbocycles. The predicted molar refractivity (Wildman–Crippen MR) is 212 cm³/mol. The Morgan fingerprint density at radius 1 is 0.327 bits per heavy atom. The number of nitrogens with zero attached hydrogens (tertiary/aromatic N) is 4. The van der Waals surface area contributed by atoms with Crippen molar-refractivity contribution in [2.45, 2.75) is 0 Å². The zero-order chi connectivity index (χ0) is 34.8. The van der Waals surface area contributed by atoms with E-state index in [2.05, 4.69) is 57.7 Å². The van der Waals surface area contributed by atoms with E-state index in [-0.39, 0.29) is 10.9 Å². The van der Waals surface area contributed by atoms with Gasteiger partial charge in [0.25, 0.3) is 0 Å². The minimum atomic E-state index is 0.0309. The summed E-state index contributed by atoms with van der Waals surface area (Å²) >= 11 is 0. The summed E-state index contributed by atoms with van der Waals surface area (Å²) in [5.74, 6) is 0. The number of aromatic nitrogens is 4. The lowest BCUT2D eigenvalue weighted by molar-refractivity contribution is 1.16. The van der Waals surface area contributed by atoms with Gasteiger partial charge in [-0.15, -0.1) is 0 Å². The first-order chi connectivity index (χ1) is 25.6. The molecule has 0 saturated heterocycles. The van der Waals surface area contributed by atoms with Gasteiger partial charge < -0.3 is 9.13 Å². The molecule has 10 rings (SSSR count). The van der Waals surface area contributed by atoms with Crippen molar-refractivity contribution < 1.29 is 0 Å². The van der Waals surface area contributed by atoms with E-state index in [1.54, 1.807) is 0 Å². The van der Waals surface area contributed by atoms with Crippen LogP contribution in [-0.4, -0.2) is 19.1 Å². The van der Waals surface area contributed by atoms with Gasteiger partial charge in [-0.3, -0.25) is 9.59 Å². The maximum atomic E-state index is 13.4. The summed E-state index contributed by atoms with van der Waals surface area (Å²) in [6.45, 7) is 0. The van der Waals surface area contributed by atoms with Crippen LogP contribution in [0.5, 0.6) is 0 Å². The summed E-state index contributed by atoms with van der Waals surface area (Å²) in [4.78, 5) is 37.1. The largest absolute Gasteiger partial charge is 0.309 e. The second-order valence-electron chi connectivity index (χ2n) is 12.9. The van der Waals surface area contributed by atoms with Gasteiger partial charge in [0.15, 0.2) is 10.9 Å². The summed E-state index contributed by atoms with van der Waals surface area (Å²) < 4.78 is 4.29. The Balaban J connectivity index is 1.12. The molecule has 0 spiro atoms. The summed E-state index contributed by atoms with van der Waals surface area (Å²) in [6, 6.07) is 55.5. The maximum Gasteiger partial charge on any atom is 0.197 e. The molecule has 0 saturated carbocycles. The van der Waals surface area contributed by atoms with Crippen LogP contribution in [-0.2, 0) is 0 Å². The van der Waals surface area contributed by atoms with Crippen LogP contribution in [0.25, 0.3) is 88.5 Å². The number of rotatable bonds is 4. The minimum absolute atomic E-state index is 0.0309. The Morgan fingerprint density at radius 3 is 0.942 bits per heavy atom. The van der Waals surface area contributed by atoms with Crippen LogP contribution in [0.3, 0.4) is 0 Å². The maximum absolute atomic E-state index is 13.4. The highest BCUT2D eigenvalue weighted by Crippen LogP contribution is 2.34. The van der Waals surface area contributed by atoms with E-state index in [9.17, 15) is 9.59 Å². The van der Waals surface area contributed by atoms with Crippen molar-refractivity contribution in [1.29, 1.82) is 0 Å². The average molecular weight is 669 g/mol. The highest BCUT2D eigenvalue weighted by Gasteiger charge is 2.17. The number of para-hydroxylation sites is 6. The van der Waals surface area contributed by atoms with E-state index in [0.717, 1.165) is 67.0 Å². The van der Waals surface area contributed by atoms with Crippen molar-refractivity contribution in [2.24, 2.45) is 0 Å². The lowest BCUT2D eigenvalue weighted by Gasteiger charge is -2.17. The fraction of sp³-hybridized carbons (Fsp3) is 0. The predicted octanol–water partition coefficient (Wildman–Crippen LogP) is 9.88. The molecule has 0 amide bonds. The van der Waals surface area contributed by atoms with Crippen LogP contribution in [0.4, 0.5) is 0 Å². The van der Waals surface area contributed by atoms with Crippen molar-refractivity contribution in [2.75, 3.05) is 0 Å². The van der Waals surface area contributed by atoms with Crippen molar-refractivity contribution in [3.8, 4) is 33.9 Å². The molecule has 52 heavy (non-hydrogen) atoms. The van der Waals surface area contributed by atoms with Gasteiger partial charge in [0.2, 0.25) is 0 Å². The van der Waals surface area contributed by atoms with Gasteiger partial charge in [0.1, 0.15) is 0 Å². The number of pyridine rings is 2. The van der Waals surface area contributed by atoms with Gasteiger partial charge in [-0.25, -0.2) is 9.97 Å². The van der Waals surface area contributed by atoms with Crippen molar-refractivity contribution in [1.82, 2.24) is 19.1 Å². The quantitative estimate of drug-likeness (QED) is 0.175. The molecular formula is C46H28N4O2. The smallest absolute Gasteiger partial charge is 0.197 e. The van der Waals surface area contributed by atoms with Gasteiger partial charge in [0, 0.05) is 44.0 Å². The van der Waals surface area contributed by atoms with Crippen molar-refractivity contribution in [3.05, 3.63) is 190 Å². The fourth-order valence-corrected chi connectivity index (χ4v) is 7.49. The standard InChI is InChI=1S/C46H28N4O2/c51-45-33-11-1-7-17-39(33)49(40-18-8-2-12-34(40)45)31-25-21-29(22-26-31)43-44(48-38-16-6-5-15-37(38)47-43)30-23-27-32(28-24-30)50-41-19-9-3-13-35(41)46(52)36-14-4-10-20-42(36)50/h1-28H. The van der Waals surface area contributed by atoms with Gasteiger partial charge in [-0.1, -0.05) is 84.9 Å². The van der Waals surface area contributed by atoms with Crippen LogP contribution < -0.4 is 10.9 Å². The Kier molecular flexibility index (Phi) is 6.69. The Bertz CT molecular complexity index is 2830. The molecule has 0 fully saturated rings. The second-order valence-corrected chi connectivity index (χ2v) is 12.9. The molecule has 0 aliphatic heterocycles. The second kappa shape index (κ2) is 11.7. The molecule has 6 heteroatoms. The molecule has 10 aromatic rings. The Hall–Kier alpha value is -7.18. The fourth-order valence-electron chi connectivity index (χ4n) is 7.49. The van der Waals surface area contributed by atoms with Crippen molar-refractivity contribution >= 4 is 54.6 Å². The van der Waals surface area contributed by atoms with E-state index in [1.165, 1.54) is 0 Å². The van der Waals surface area contributed by atoms with E-state index in [4.69, 9.17) is 9.97 Å². The molecule has 3 aromatic heterocycles. The molecular weight excluding hydrogens is 641 g/mol. The normalized spacial score (nSPS) is 11.6. The third kappa shape index (κ3) is 4.58. The minimum Gasteiger partial charge on any atom is -0.309 e. The first-order valence-electron chi connectivity index (χ1n) is 17.2. The summed E-state index contributed by atoms with van der Waals surface area (Å²) in [6.07, 6.45) is 0. The molecule has 0 radical (unpaired) electrons. The van der Waals surface area contributed by atoms with E-state index in [1.807, 2.05) is 121 Å². The molecule has 0 aliphatic rings. The van der Waals surface area contributed by atoms with E-state index >= 15 is 0 Å². The molecule has 0 unspecified atom stereocenters. The Labute approximate surface area is 297 Å². The molecule has 0 atom stereocenters. The molecule has 0 bridgehead atoms. The van der Waals surface area contributed by atoms with E-state index < -0.39 is 0 Å². The van der Waals surface area contributed by atoms with Gasteiger partial charge in [-0.05, 0) is 84.9 Å². The zero-order valence-electron chi connectivity index (χ0n) is 27.8. The van der Waals surface area contributed by atoms with Gasteiger partial charge in [-0.2, -0.15) is 0 Å². The van der Waals surface area contributed by atoms with Crippen LogP contribution >= 0.6 is 0 Å². The lowest BCUT2D eigenvalue weighted by Crippen LogP contribution is -2.10. The highest BCUT2D eigenvalue weighted by atomic mass is 16.1. The third-order valence-electron chi connectivity index (χ3n) is 9.93. The van der Waals surface area contributed by atoms with E-state index in [0.29, 0.717) is 21.5 Å². The summed E-state index contributed by atoms with van der Waals surface area (Å²) in [5.41, 5.74) is 10.4. The third-order valence-corrected chi connectivity index (χ3v) is 9.93. The van der Waals surface area contributed by atoms with Crippen LogP contribution in [0.2, 0.25) is 0 Å². The van der Waals surface area contributed by atoms with Gasteiger partial charge in [0.05, 0.1) is 44.5 Å². The van der Waals surface area contributed by atoms with Crippen LogP contribution in [0, 0.1) is 0 Å². The number of fused-ring (bicyclic) bond motifs is 5. The topological polar surface area (TPSA) is 69.8 Å². The molecule has 3 heterocycles. The van der Waals surface area contributed by atoms with Gasteiger partial charge >= 0.3 is 0 Å².